The maximum atomic E-state index is 12.3. The van der Waals surface area contributed by atoms with Crippen LogP contribution in [0.3, 0.4) is 0 Å². The largest absolute Gasteiger partial charge is 0.351 e. The summed E-state index contributed by atoms with van der Waals surface area (Å²) in [5, 5.41) is 13.4. The van der Waals surface area contributed by atoms with E-state index in [0.717, 1.165) is 17.2 Å². The normalized spacial score (nSPS) is 10.7. The topological polar surface area (TPSA) is 81.6 Å². The second-order valence-corrected chi connectivity index (χ2v) is 5.38. The molecule has 0 unspecified atom stereocenters. The molecule has 23 heavy (non-hydrogen) atoms. The SMILES string of the molecule is CN(C)CCNC(=O)c1cnc(-c2ccccc2)nc1N(C)O. The molecule has 0 saturated heterocycles. The number of carbonyl (C=O) groups excluding carboxylic acids is 1. The van der Waals surface area contributed by atoms with Crippen LogP contribution in [0.25, 0.3) is 11.4 Å². The molecule has 1 aromatic carbocycles. The van der Waals surface area contributed by atoms with Gasteiger partial charge in [0.15, 0.2) is 11.6 Å². The van der Waals surface area contributed by atoms with Crippen LogP contribution in [0.1, 0.15) is 10.4 Å². The molecule has 7 nitrogen and oxygen atoms in total. The summed E-state index contributed by atoms with van der Waals surface area (Å²) in [5.41, 5.74) is 1.05. The van der Waals surface area contributed by atoms with Gasteiger partial charge in [-0.15, -0.1) is 0 Å². The average molecular weight is 315 g/mol. The van der Waals surface area contributed by atoms with Crippen LogP contribution in [0.2, 0.25) is 0 Å². The van der Waals surface area contributed by atoms with Crippen LogP contribution in [0.4, 0.5) is 5.82 Å². The number of anilines is 1. The van der Waals surface area contributed by atoms with Crippen molar-refractivity contribution in [2.24, 2.45) is 0 Å². The van der Waals surface area contributed by atoms with E-state index in [-0.39, 0.29) is 17.3 Å². The van der Waals surface area contributed by atoms with E-state index < -0.39 is 0 Å². The Kier molecular flexibility index (Phi) is 5.61. The summed E-state index contributed by atoms with van der Waals surface area (Å²) >= 11 is 0. The van der Waals surface area contributed by atoms with Crippen molar-refractivity contribution in [3.05, 3.63) is 42.1 Å². The van der Waals surface area contributed by atoms with E-state index in [1.165, 1.54) is 13.2 Å². The van der Waals surface area contributed by atoms with E-state index in [4.69, 9.17) is 0 Å². The number of nitrogens with zero attached hydrogens (tertiary/aromatic N) is 4. The number of likely N-dealkylation sites (N-methyl/N-ethyl adjacent to an activating group) is 1. The fourth-order valence-electron chi connectivity index (χ4n) is 1.99. The number of carbonyl (C=O) groups is 1. The van der Waals surface area contributed by atoms with Crippen molar-refractivity contribution in [2.45, 2.75) is 0 Å². The molecule has 0 aliphatic rings. The number of nitrogens with one attached hydrogen (secondary N) is 1. The van der Waals surface area contributed by atoms with Crippen LogP contribution in [-0.4, -0.2) is 60.2 Å². The van der Waals surface area contributed by atoms with Crippen molar-refractivity contribution < 1.29 is 10.0 Å². The molecule has 0 aliphatic carbocycles. The van der Waals surface area contributed by atoms with Crippen LogP contribution in [0.5, 0.6) is 0 Å². The zero-order chi connectivity index (χ0) is 16.8. The molecule has 0 spiro atoms. The summed E-state index contributed by atoms with van der Waals surface area (Å²) in [6.07, 6.45) is 1.43. The maximum Gasteiger partial charge on any atom is 0.256 e. The minimum Gasteiger partial charge on any atom is -0.351 e. The Morgan fingerprint density at radius 3 is 2.52 bits per heavy atom. The van der Waals surface area contributed by atoms with Gasteiger partial charge in [-0.2, -0.15) is 0 Å². The molecular formula is C16H21N5O2. The summed E-state index contributed by atoms with van der Waals surface area (Å²) < 4.78 is 0. The Morgan fingerprint density at radius 2 is 1.91 bits per heavy atom. The summed E-state index contributed by atoms with van der Waals surface area (Å²) in [7, 11) is 5.28. The third-order valence-corrected chi connectivity index (χ3v) is 3.20. The molecule has 0 fully saturated rings. The van der Waals surface area contributed by atoms with Gasteiger partial charge in [0.1, 0.15) is 5.56 Å². The summed E-state index contributed by atoms with van der Waals surface area (Å²) in [5.74, 6) is 0.301. The van der Waals surface area contributed by atoms with Crippen LogP contribution in [-0.2, 0) is 0 Å². The highest BCUT2D eigenvalue weighted by atomic mass is 16.5. The van der Waals surface area contributed by atoms with Crippen LogP contribution in [0.15, 0.2) is 36.5 Å². The van der Waals surface area contributed by atoms with Crippen LogP contribution >= 0.6 is 0 Å². The van der Waals surface area contributed by atoms with Gasteiger partial charge in [-0.3, -0.25) is 10.0 Å². The summed E-state index contributed by atoms with van der Waals surface area (Å²) in [6, 6.07) is 9.39. The van der Waals surface area contributed by atoms with E-state index in [1.807, 2.05) is 49.3 Å². The summed E-state index contributed by atoms with van der Waals surface area (Å²) in [4.78, 5) is 22.8. The molecule has 0 saturated carbocycles. The number of hydroxylamine groups is 1. The van der Waals surface area contributed by atoms with Crippen molar-refractivity contribution >= 4 is 11.7 Å². The molecule has 122 valence electrons. The lowest BCUT2D eigenvalue weighted by Crippen LogP contribution is -2.32. The molecule has 7 heteroatoms. The van der Waals surface area contributed by atoms with Crippen molar-refractivity contribution in [3.63, 3.8) is 0 Å². The maximum absolute atomic E-state index is 12.3. The Hall–Kier alpha value is -2.51. The number of benzene rings is 1. The smallest absolute Gasteiger partial charge is 0.256 e. The van der Waals surface area contributed by atoms with E-state index in [1.54, 1.807) is 0 Å². The fraction of sp³-hybridized carbons (Fsp3) is 0.312. The molecule has 2 rings (SSSR count). The first kappa shape index (κ1) is 16.9. The molecule has 1 aromatic heterocycles. The van der Waals surface area contributed by atoms with Gasteiger partial charge >= 0.3 is 0 Å². The first-order valence-corrected chi connectivity index (χ1v) is 7.27. The number of hydrogen-bond acceptors (Lipinski definition) is 6. The van der Waals surface area contributed by atoms with Crippen molar-refractivity contribution in [3.8, 4) is 11.4 Å². The van der Waals surface area contributed by atoms with Gasteiger partial charge in [-0.05, 0) is 14.1 Å². The van der Waals surface area contributed by atoms with E-state index >= 15 is 0 Å². The number of aromatic nitrogens is 2. The van der Waals surface area contributed by atoms with Gasteiger partial charge < -0.3 is 10.2 Å². The van der Waals surface area contributed by atoms with Gasteiger partial charge in [0.2, 0.25) is 0 Å². The first-order chi connectivity index (χ1) is 11.0. The Morgan fingerprint density at radius 1 is 1.22 bits per heavy atom. The second-order valence-electron chi connectivity index (χ2n) is 5.38. The number of amides is 1. The fourth-order valence-corrected chi connectivity index (χ4v) is 1.99. The predicted molar refractivity (Wildman–Crippen MR) is 88.5 cm³/mol. The molecule has 2 aromatic rings. The Balaban J connectivity index is 2.25. The highest BCUT2D eigenvalue weighted by molar-refractivity contribution is 5.98. The zero-order valence-electron chi connectivity index (χ0n) is 13.5. The predicted octanol–water partition coefficient (Wildman–Crippen LogP) is 1.26. The van der Waals surface area contributed by atoms with Gasteiger partial charge in [0.05, 0.1) is 0 Å². The summed E-state index contributed by atoms with van der Waals surface area (Å²) in [6.45, 7) is 1.22. The third-order valence-electron chi connectivity index (χ3n) is 3.20. The second kappa shape index (κ2) is 7.66. The van der Waals surface area contributed by atoms with Gasteiger partial charge in [0, 0.05) is 31.9 Å². The average Bonchev–Trinajstić information content (AvgIpc) is 2.54. The Labute approximate surface area is 135 Å². The molecule has 0 aliphatic heterocycles. The minimum absolute atomic E-state index is 0.168. The monoisotopic (exact) mass is 315 g/mol. The molecule has 0 atom stereocenters. The lowest BCUT2D eigenvalue weighted by atomic mass is 10.2. The highest BCUT2D eigenvalue weighted by Gasteiger charge is 2.17. The molecule has 1 heterocycles. The van der Waals surface area contributed by atoms with Crippen LogP contribution < -0.4 is 10.4 Å². The lowest BCUT2D eigenvalue weighted by Gasteiger charge is -2.16. The molecule has 2 N–H and O–H groups in total. The third kappa shape index (κ3) is 4.48. The van der Waals surface area contributed by atoms with E-state index in [2.05, 4.69) is 15.3 Å². The highest BCUT2D eigenvalue weighted by Crippen LogP contribution is 2.20. The Bertz CT molecular complexity index is 659. The van der Waals surface area contributed by atoms with E-state index in [9.17, 15) is 10.0 Å². The zero-order valence-corrected chi connectivity index (χ0v) is 13.5. The molecule has 0 radical (unpaired) electrons. The standard InChI is InChI=1S/C16H21N5O2/c1-20(2)10-9-17-16(22)13-11-18-14(19-15(13)21(3)23)12-7-5-4-6-8-12/h4-8,11,23H,9-10H2,1-3H3,(H,17,22). The molecular weight excluding hydrogens is 294 g/mol. The van der Waals surface area contributed by atoms with Crippen LogP contribution in [0, 0.1) is 0 Å². The lowest BCUT2D eigenvalue weighted by molar-refractivity contribution is 0.0949. The molecule has 1 amide bonds. The molecule has 0 bridgehead atoms. The van der Waals surface area contributed by atoms with Crippen molar-refractivity contribution in [1.29, 1.82) is 0 Å². The van der Waals surface area contributed by atoms with Gasteiger partial charge in [0.25, 0.3) is 5.91 Å². The van der Waals surface area contributed by atoms with Gasteiger partial charge in [-0.1, -0.05) is 30.3 Å². The van der Waals surface area contributed by atoms with Crippen molar-refractivity contribution in [2.75, 3.05) is 39.3 Å². The van der Waals surface area contributed by atoms with Crippen molar-refractivity contribution in [1.82, 2.24) is 20.2 Å². The first-order valence-electron chi connectivity index (χ1n) is 7.27. The quantitative estimate of drug-likeness (QED) is 0.781. The minimum atomic E-state index is -0.317. The number of hydrogen-bond donors (Lipinski definition) is 2. The number of rotatable bonds is 6. The van der Waals surface area contributed by atoms with Gasteiger partial charge in [-0.25, -0.2) is 15.0 Å². The van der Waals surface area contributed by atoms with E-state index in [0.29, 0.717) is 12.4 Å².